The van der Waals surface area contributed by atoms with Crippen LogP contribution in [0.1, 0.15) is 13.3 Å². The fraction of sp³-hybridized carbons (Fsp3) is 0.235. The van der Waals surface area contributed by atoms with Gasteiger partial charge >= 0.3 is 5.69 Å². The average molecular weight is 360 g/mol. The van der Waals surface area contributed by atoms with E-state index >= 15 is 0 Å². The first-order valence-corrected chi connectivity index (χ1v) is 8.63. The fourth-order valence-electron chi connectivity index (χ4n) is 2.61. The van der Waals surface area contributed by atoms with Gasteiger partial charge in [-0.1, -0.05) is 19.1 Å². The molecule has 0 aliphatic carbocycles. The van der Waals surface area contributed by atoms with E-state index in [1.807, 2.05) is 6.92 Å². The van der Waals surface area contributed by atoms with Crippen molar-refractivity contribution in [2.45, 2.75) is 19.9 Å². The zero-order valence-electron chi connectivity index (χ0n) is 13.8. The van der Waals surface area contributed by atoms with Crippen molar-refractivity contribution in [3.05, 3.63) is 56.3 Å². The summed E-state index contributed by atoms with van der Waals surface area (Å²) in [6, 6.07) is 6.07. The third-order valence-electron chi connectivity index (χ3n) is 3.86. The third kappa shape index (κ3) is 3.00. The van der Waals surface area contributed by atoms with Crippen LogP contribution in [0.4, 0.5) is 10.2 Å². The first-order chi connectivity index (χ1) is 11.9. The summed E-state index contributed by atoms with van der Waals surface area (Å²) in [7, 11) is 1.42. The van der Waals surface area contributed by atoms with Gasteiger partial charge in [0, 0.05) is 24.5 Å². The minimum Gasteiger partial charge on any atom is -0.384 e. The van der Waals surface area contributed by atoms with Crippen molar-refractivity contribution < 1.29 is 4.39 Å². The van der Waals surface area contributed by atoms with Gasteiger partial charge in [0.25, 0.3) is 5.56 Å². The second-order valence-corrected chi connectivity index (χ2v) is 6.46. The molecule has 25 heavy (non-hydrogen) atoms. The van der Waals surface area contributed by atoms with E-state index in [1.54, 1.807) is 17.5 Å². The quantitative estimate of drug-likeness (QED) is 0.775. The Morgan fingerprint density at radius 1 is 1.32 bits per heavy atom. The molecule has 2 N–H and O–H groups in total. The van der Waals surface area contributed by atoms with Crippen LogP contribution >= 0.6 is 11.3 Å². The summed E-state index contributed by atoms with van der Waals surface area (Å²) in [4.78, 5) is 29.2. The second-order valence-electron chi connectivity index (χ2n) is 5.61. The molecule has 3 rings (SSSR count). The molecule has 130 valence electrons. The van der Waals surface area contributed by atoms with Gasteiger partial charge in [-0.2, -0.15) is 0 Å². The van der Waals surface area contributed by atoms with Gasteiger partial charge in [-0.3, -0.25) is 13.9 Å². The number of anilines is 1. The Bertz CT molecular complexity index is 1050. The maximum Gasteiger partial charge on any atom is 0.332 e. The number of thiazole rings is 1. The van der Waals surface area contributed by atoms with E-state index in [9.17, 15) is 14.0 Å². The van der Waals surface area contributed by atoms with Crippen LogP contribution in [0.3, 0.4) is 0 Å². The Morgan fingerprint density at radius 2 is 2.08 bits per heavy atom. The van der Waals surface area contributed by atoms with Gasteiger partial charge in [0.15, 0.2) is 0 Å². The predicted octanol–water partition coefficient (Wildman–Crippen LogP) is 2.47. The van der Waals surface area contributed by atoms with E-state index < -0.39 is 11.2 Å². The zero-order chi connectivity index (χ0) is 18.1. The molecule has 2 heterocycles. The van der Waals surface area contributed by atoms with Crippen LogP contribution in [0.15, 0.2) is 39.2 Å². The largest absolute Gasteiger partial charge is 0.384 e. The Hall–Kier alpha value is -2.74. The van der Waals surface area contributed by atoms with Crippen LogP contribution in [0.5, 0.6) is 0 Å². The van der Waals surface area contributed by atoms with Crippen molar-refractivity contribution in [3.8, 4) is 21.8 Å². The molecule has 0 saturated heterocycles. The molecule has 0 spiro atoms. The van der Waals surface area contributed by atoms with E-state index in [0.29, 0.717) is 29.2 Å². The molecule has 0 saturated carbocycles. The molecule has 0 bridgehead atoms. The van der Waals surface area contributed by atoms with E-state index in [0.717, 1.165) is 4.57 Å². The fourth-order valence-corrected chi connectivity index (χ4v) is 3.41. The third-order valence-corrected chi connectivity index (χ3v) is 4.75. The second kappa shape index (κ2) is 6.64. The topological polar surface area (TPSA) is 82.9 Å². The molecule has 8 heteroatoms. The van der Waals surface area contributed by atoms with Gasteiger partial charge in [0.05, 0.1) is 5.69 Å². The maximum absolute atomic E-state index is 13.4. The molecule has 0 aliphatic rings. The number of rotatable bonds is 4. The Morgan fingerprint density at radius 3 is 2.76 bits per heavy atom. The summed E-state index contributed by atoms with van der Waals surface area (Å²) in [6.45, 7) is 2.33. The SMILES string of the molecule is CCCn1c(N)c(-c2csc(-c3cccc(F)c3)n2)c(=O)n(C)c1=O. The number of nitrogens with zero attached hydrogens (tertiary/aromatic N) is 3. The summed E-state index contributed by atoms with van der Waals surface area (Å²) in [5.41, 5.74) is 6.34. The molecule has 0 aliphatic heterocycles. The van der Waals surface area contributed by atoms with Crippen molar-refractivity contribution >= 4 is 17.2 Å². The molecule has 2 aromatic heterocycles. The van der Waals surface area contributed by atoms with E-state index in [-0.39, 0.29) is 17.2 Å². The highest BCUT2D eigenvalue weighted by molar-refractivity contribution is 7.13. The number of hydrogen-bond acceptors (Lipinski definition) is 5. The molecule has 0 radical (unpaired) electrons. The first kappa shape index (κ1) is 17.1. The molecule has 0 amide bonds. The van der Waals surface area contributed by atoms with Gasteiger partial charge in [0.2, 0.25) is 0 Å². The normalized spacial score (nSPS) is 11.0. The van der Waals surface area contributed by atoms with Crippen molar-refractivity contribution in [1.29, 1.82) is 0 Å². The van der Waals surface area contributed by atoms with Crippen molar-refractivity contribution in [3.63, 3.8) is 0 Å². The standard InChI is InChI=1S/C17H17FN4O2S/c1-3-7-22-14(19)13(16(23)21(2)17(22)24)12-9-25-15(20-12)10-5-4-6-11(18)8-10/h4-6,8-9H,3,7,19H2,1-2H3. The van der Waals surface area contributed by atoms with Crippen molar-refractivity contribution in [1.82, 2.24) is 14.1 Å². The minimum absolute atomic E-state index is 0.103. The Labute approximate surface area is 147 Å². The number of hydrogen-bond donors (Lipinski definition) is 1. The molecular weight excluding hydrogens is 343 g/mol. The number of benzene rings is 1. The van der Waals surface area contributed by atoms with E-state index in [1.165, 1.54) is 35.1 Å². The Kier molecular flexibility index (Phi) is 4.54. The van der Waals surface area contributed by atoms with Gasteiger partial charge < -0.3 is 5.73 Å². The molecule has 3 aromatic rings. The first-order valence-electron chi connectivity index (χ1n) is 7.75. The zero-order valence-corrected chi connectivity index (χ0v) is 14.6. The van der Waals surface area contributed by atoms with Crippen molar-refractivity contribution in [2.75, 3.05) is 5.73 Å². The van der Waals surface area contributed by atoms with Crippen LogP contribution < -0.4 is 17.0 Å². The van der Waals surface area contributed by atoms with Crippen LogP contribution in [0.25, 0.3) is 21.8 Å². The Balaban J connectivity index is 2.18. The summed E-state index contributed by atoms with van der Waals surface area (Å²) < 4.78 is 15.8. The smallest absolute Gasteiger partial charge is 0.332 e. The van der Waals surface area contributed by atoms with Gasteiger partial charge in [-0.05, 0) is 18.6 Å². The van der Waals surface area contributed by atoms with Gasteiger partial charge in [-0.25, -0.2) is 14.2 Å². The van der Waals surface area contributed by atoms with Crippen LogP contribution in [-0.4, -0.2) is 14.1 Å². The molecule has 0 fully saturated rings. The predicted molar refractivity (Wildman–Crippen MR) is 97.1 cm³/mol. The minimum atomic E-state index is -0.494. The number of nitrogens with two attached hydrogens (primary N) is 1. The molecule has 0 unspecified atom stereocenters. The summed E-state index contributed by atoms with van der Waals surface area (Å²) in [5, 5.41) is 2.26. The lowest BCUT2D eigenvalue weighted by molar-refractivity contribution is 0.600. The summed E-state index contributed by atoms with van der Waals surface area (Å²) in [5.74, 6) is -0.257. The van der Waals surface area contributed by atoms with Gasteiger partial charge in [0.1, 0.15) is 22.2 Å². The lowest BCUT2D eigenvalue weighted by Gasteiger charge is -2.13. The number of nitrogen functional groups attached to an aromatic ring is 1. The monoisotopic (exact) mass is 360 g/mol. The van der Waals surface area contributed by atoms with E-state index in [4.69, 9.17) is 5.73 Å². The highest BCUT2D eigenvalue weighted by atomic mass is 32.1. The van der Waals surface area contributed by atoms with Crippen LogP contribution in [0.2, 0.25) is 0 Å². The summed E-state index contributed by atoms with van der Waals surface area (Å²) >= 11 is 1.28. The number of aromatic nitrogens is 3. The lowest BCUT2D eigenvalue weighted by Crippen LogP contribution is -2.40. The summed E-state index contributed by atoms with van der Waals surface area (Å²) in [6.07, 6.45) is 0.702. The lowest BCUT2D eigenvalue weighted by atomic mass is 10.2. The molecular formula is C17H17FN4O2S. The highest BCUT2D eigenvalue weighted by Crippen LogP contribution is 2.29. The molecule has 0 atom stereocenters. The van der Waals surface area contributed by atoms with E-state index in [2.05, 4.69) is 4.98 Å². The van der Waals surface area contributed by atoms with Gasteiger partial charge in [-0.15, -0.1) is 11.3 Å². The molecule has 1 aromatic carbocycles. The van der Waals surface area contributed by atoms with Crippen LogP contribution in [0, 0.1) is 5.82 Å². The van der Waals surface area contributed by atoms with Crippen LogP contribution in [-0.2, 0) is 13.6 Å². The molecule has 6 nitrogen and oxygen atoms in total. The highest BCUT2D eigenvalue weighted by Gasteiger charge is 2.19. The average Bonchev–Trinajstić information content (AvgIpc) is 3.07. The number of halogens is 1. The van der Waals surface area contributed by atoms with Crippen molar-refractivity contribution in [2.24, 2.45) is 7.05 Å². The maximum atomic E-state index is 13.4.